The van der Waals surface area contributed by atoms with Crippen molar-refractivity contribution in [3.63, 3.8) is 0 Å². The van der Waals surface area contributed by atoms with Gasteiger partial charge in [-0.15, -0.1) is 6.58 Å². The SMILES string of the molecule is C=CCn1c(C)c(C)c2ccnc(N3CCc4ccccc4C3)c21.O=C(O)C(O)C(O)C(=O)O. The fourth-order valence-corrected chi connectivity index (χ4v) is 4.11. The molecule has 4 rings (SSSR count). The van der Waals surface area contributed by atoms with E-state index in [0.717, 1.165) is 31.9 Å². The molecule has 2 unspecified atom stereocenters. The predicted molar refractivity (Wildman–Crippen MR) is 128 cm³/mol. The first-order valence-corrected chi connectivity index (χ1v) is 10.9. The van der Waals surface area contributed by atoms with Crippen molar-refractivity contribution in [1.29, 1.82) is 0 Å². The number of allylic oxidation sites excluding steroid dienone is 1. The van der Waals surface area contributed by atoms with E-state index in [1.165, 1.54) is 33.3 Å². The average Bonchev–Trinajstić information content (AvgIpc) is 3.08. The van der Waals surface area contributed by atoms with Crippen molar-refractivity contribution < 1.29 is 30.0 Å². The van der Waals surface area contributed by atoms with Crippen LogP contribution in [0.4, 0.5) is 5.82 Å². The van der Waals surface area contributed by atoms with Gasteiger partial charge in [0.05, 0.1) is 5.52 Å². The van der Waals surface area contributed by atoms with Crippen LogP contribution in [0.1, 0.15) is 22.4 Å². The minimum atomic E-state index is -2.27. The molecule has 3 heterocycles. The van der Waals surface area contributed by atoms with Crippen LogP contribution < -0.4 is 4.90 Å². The number of carboxylic acids is 2. The first-order chi connectivity index (χ1) is 16.2. The molecule has 180 valence electrons. The largest absolute Gasteiger partial charge is 0.479 e. The van der Waals surface area contributed by atoms with Gasteiger partial charge >= 0.3 is 11.9 Å². The molecule has 4 N–H and O–H groups in total. The van der Waals surface area contributed by atoms with Crippen molar-refractivity contribution in [2.45, 2.75) is 45.6 Å². The number of fused-ring (bicyclic) bond motifs is 2. The Morgan fingerprint density at radius 1 is 1.09 bits per heavy atom. The topological polar surface area (TPSA) is 136 Å². The van der Waals surface area contributed by atoms with Crippen molar-refractivity contribution in [1.82, 2.24) is 9.55 Å². The van der Waals surface area contributed by atoms with E-state index in [2.05, 4.69) is 60.2 Å². The lowest BCUT2D eigenvalue weighted by atomic mass is 10.00. The van der Waals surface area contributed by atoms with Gasteiger partial charge in [-0.2, -0.15) is 0 Å². The minimum absolute atomic E-state index is 0.819. The summed E-state index contributed by atoms with van der Waals surface area (Å²) in [6.07, 6.45) is 0.459. The number of aliphatic carboxylic acids is 2. The molecule has 9 nitrogen and oxygen atoms in total. The van der Waals surface area contributed by atoms with Gasteiger partial charge in [-0.05, 0) is 43.0 Å². The highest BCUT2D eigenvalue weighted by atomic mass is 16.4. The lowest BCUT2D eigenvalue weighted by molar-refractivity contribution is -0.165. The smallest absolute Gasteiger partial charge is 0.335 e. The van der Waals surface area contributed by atoms with Crippen LogP contribution in [0.3, 0.4) is 0 Å². The van der Waals surface area contributed by atoms with Crippen LogP contribution in [-0.4, -0.2) is 60.7 Å². The van der Waals surface area contributed by atoms with Gasteiger partial charge in [0.15, 0.2) is 18.0 Å². The maximum absolute atomic E-state index is 9.77. The Morgan fingerprint density at radius 2 is 1.71 bits per heavy atom. The molecule has 2 aromatic heterocycles. The summed E-state index contributed by atoms with van der Waals surface area (Å²) in [7, 11) is 0. The molecule has 1 aliphatic rings. The Balaban J connectivity index is 0.000000277. The van der Waals surface area contributed by atoms with Crippen molar-refractivity contribution in [2.75, 3.05) is 11.4 Å². The van der Waals surface area contributed by atoms with Crippen LogP contribution in [-0.2, 0) is 29.1 Å². The molecule has 1 aliphatic heterocycles. The maximum atomic E-state index is 9.77. The molecule has 9 heteroatoms. The summed E-state index contributed by atoms with van der Waals surface area (Å²) in [4.78, 5) is 26.7. The Bertz CT molecular complexity index is 1200. The fraction of sp³-hybridized carbons (Fsp3) is 0.320. The Hall–Kier alpha value is -3.69. The van der Waals surface area contributed by atoms with E-state index in [9.17, 15) is 9.59 Å². The number of nitrogens with zero attached hydrogens (tertiary/aromatic N) is 3. The second-order valence-corrected chi connectivity index (χ2v) is 8.15. The number of hydrogen-bond acceptors (Lipinski definition) is 6. The Kier molecular flexibility index (Phi) is 7.70. The van der Waals surface area contributed by atoms with Gasteiger partial charge in [-0.3, -0.25) is 0 Å². The summed E-state index contributed by atoms with van der Waals surface area (Å²) in [5.74, 6) is -2.44. The molecule has 0 saturated heterocycles. The second kappa shape index (κ2) is 10.5. The molecule has 2 atom stereocenters. The second-order valence-electron chi connectivity index (χ2n) is 8.15. The van der Waals surface area contributed by atoms with E-state index < -0.39 is 24.1 Å². The first kappa shape index (κ1) is 24.9. The number of aliphatic hydroxyl groups is 2. The number of rotatable bonds is 6. The van der Waals surface area contributed by atoms with Gasteiger partial charge in [0.2, 0.25) is 0 Å². The van der Waals surface area contributed by atoms with Crippen LogP contribution in [0.2, 0.25) is 0 Å². The van der Waals surface area contributed by atoms with Crippen molar-refractivity contribution in [3.8, 4) is 0 Å². The quantitative estimate of drug-likeness (QED) is 0.406. The molecule has 0 saturated carbocycles. The molecule has 0 amide bonds. The van der Waals surface area contributed by atoms with Gasteiger partial charge in [0, 0.05) is 36.9 Å². The molecule has 1 aromatic carbocycles. The van der Waals surface area contributed by atoms with Crippen LogP contribution in [0.5, 0.6) is 0 Å². The zero-order valence-electron chi connectivity index (χ0n) is 19.2. The zero-order chi connectivity index (χ0) is 25.0. The lowest BCUT2D eigenvalue weighted by Gasteiger charge is -2.30. The number of pyridine rings is 1. The fourth-order valence-electron chi connectivity index (χ4n) is 4.11. The molecule has 0 aliphatic carbocycles. The monoisotopic (exact) mass is 467 g/mol. The molecular weight excluding hydrogens is 438 g/mol. The number of hydrogen-bond donors (Lipinski definition) is 4. The summed E-state index contributed by atoms with van der Waals surface area (Å²) < 4.78 is 2.35. The van der Waals surface area contributed by atoms with Crippen molar-refractivity contribution in [3.05, 3.63) is 71.6 Å². The van der Waals surface area contributed by atoms with E-state index in [1.54, 1.807) is 0 Å². The summed E-state index contributed by atoms with van der Waals surface area (Å²) >= 11 is 0. The number of anilines is 1. The summed E-state index contributed by atoms with van der Waals surface area (Å²) in [6.45, 7) is 11.1. The Labute approximate surface area is 197 Å². The van der Waals surface area contributed by atoms with E-state index >= 15 is 0 Å². The summed E-state index contributed by atoms with van der Waals surface area (Å²) in [5.41, 5.74) is 6.77. The van der Waals surface area contributed by atoms with Gasteiger partial charge in [0.25, 0.3) is 0 Å². The van der Waals surface area contributed by atoms with E-state index in [1.807, 2.05) is 12.3 Å². The number of carbonyl (C=O) groups is 2. The van der Waals surface area contributed by atoms with Gasteiger partial charge < -0.3 is 29.9 Å². The highest BCUT2D eigenvalue weighted by Gasteiger charge is 2.29. The number of carboxylic acid groups (broad SMARTS) is 2. The number of aliphatic hydroxyl groups excluding tert-OH is 2. The van der Waals surface area contributed by atoms with Crippen LogP contribution in [0.25, 0.3) is 10.9 Å². The molecule has 0 spiro atoms. The molecule has 0 bridgehead atoms. The molecule has 0 radical (unpaired) electrons. The van der Waals surface area contributed by atoms with Crippen molar-refractivity contribution in [2.24, 2.45) is 0 Å². The number of benzene rings is 1. The molecule has 34 heavy (non-hydrogen) atoms. The van der Waals surface area contributed by atoms with Gasteiger partial charge in [-0.1, -0.05) is 30.3 Å². The van der Waals surface area contributed by atoms with E-state index in [-0.39, 0.29) is 0 Å². The maximum Gasteiger partial charge on any atom is 0.335 e. The first-order valence-electron chi connectivity index (χ1n) is 10.9. The van der Waals surface area contributed by atoms with E-state index in [4.69, 9.17) is 25.4 Å². The van der Waals surface area contributed by atoms with Crippen LogP contribution in [0.15, 0.2) is 49.2 Å². The summed E-state index contributed by atoms with van der Waals surface area (Å²) in [5, 5.41) is 33.8. The predicted octanol–water partition coefficient (Wildman–Crippen LogP) is 2.28. The molecular formula is C25H29N3O6. The normalized spacial score (nSPS) is 14.5. The number of aryl methyl sites for hydroxylation is 1. The van der Waals surface area contributed by atoms with Gasteiger partial charge in [-0.25, -0.2) is 14.6 Å². The zero-order valence-corrected chi connectivity index (χ0v) is 19.2. The third kappa shape index (κ3) is 4.95. The highest BCUT2D eigenvalue weighted by Crippen LogP contribution is 2.33. The third-order valence-corrected chi connectivity index (χ3v) is 6.07. The highest BCUT2D eigenvalue weighted by molar-refractivity contribution is 5.93. The van der Waals surface area contributed by atoms with Crippen molar-refractivity contribution >= 4 is 28.7 Å². The van der Waals surface area contributed by atoms with Crippen LogP contribution in [0, 0.1) is 13.8 Å². The van der Waals surface area contributed by atoms with Crippen LogP contribution >= 0.6 is 0 Å². The van der Waals surface area contributed by atoms with Gasteiger partial charge in [0.1, 0.15) is 0 Å². The average molecular weight is 468 g/mol. The molecule has 3 aromatic rings. The van der Waals surface area contributed by atoms with E-state index in [0.29, 0.717) is 0 Å². The lowest BCUT2D eigenvalue weighted by Crippen LogP contribution is -2.39. The Morgan fingerprint density at radius 3 is 2.29 bits per heavy atom. The minimum Gasteiger partial charge on any atom is -0.479 e. The summed E-state index contributed by atoms with van der Waals surface area (Å²) in [6, 6.07) is 10.9. The number of aromatic nitrogens is 2. The third-order valence-electron chi connectivity index (χ3n) is 6.07. The standard InChI is InChI=1S/C21H23N3.C4H6O6/c1-4-12-24-16(3)15(2)19-9-11-22-21(20(19)24)23-13-10-17-7-5-6-8-18(17)14-23;5-1(3(7)8)2(6)4(9)10/h4-9,11H,1,10,12-14H2,2-3H3;1-2,5-6H,(H,7,8)(H,9,10). The molecule has 0 fully saturated rings.